The van der Waals surface area contributed by atoms with E-state index < -0.39 is 6.89 Å². The van der Waals surface area contributed by atoms with Gasteiger partial charge in [-0.2, -0.15) is 0 Å². The summed E-state index contributed by atoms with van der Waals surface area (Å²) in [4.78, 5) is 11.8. The van der Waals surface area contributed by atoms with Crippen LogP contribution in [0.2, 0.25) is 0 Å². The lowest BCUT2D eigenvalue weighted by atomic mass is 10.2. The van der Waals surface area contributed by atoms with Crippen LogP contribution in [0.5, 0.6) is 0 Å². The van der Waals surface area contributed by atoms with Gasteiger partial charge in [0.1, 0.15) is 0 Å². The zero-order valence-electron chi connectivity index (χ0n) is 15.2. The van der Waals surface area contributed by atoms with E-state index in [9.17, 15) is 4.79 Å². The number of carbonyl (C=O) groups is 1. The van der Waals surface area contributed by atoms with Gasteiger partial charge < -0.3 is 3.83 Å². The van der Waals surface area contributed by atoms with Gasteiger partial charge in [0.05, 0.1) is 6.42 Å². The third-order valence-electron chi connectivity index (χ3n) is 4.78. The van der Waals surface area contributed by atoms with Crippen LogP contribution in [0.25, 0.3) is 0 Å². The third kappa shape index (κ3) is 4.10. The second kappa shape index (κ2) is 9.21. The summed E-state index contributed by atoms with van der Waals surface area (Å²) in [7, 11) is 0. The van der Waals surface area contributed by atoms with Gasteiger partial charge in [0, 0.05) is 0 Å². The molecule has 0 N–H and O–H groups in total. The fourth-order valence-electron chi connectivity index (χ4n) is 3.55. The molecule has 3 aromatic carbocycles. The van der Waals surface area contributed by atoms with Gasteiger partial charge in [-0.05, 0) is 36.1 Å². The molecule has 3 aromatic rings. The molecule has 0 aliphatic carbocycles. The molecule has 0 heterocycles. The van der Waals surface area contributed by atoms with Crippen molar-refractivity contribution in [3.63, 3.8) is 0 Å². The van der Waals surface area contributed by atoms with Crippen LogP contribution in [0, 0.1) is 0 Å². The van der Waals surface area contributed by atoms with Crippen LogP contribution >= 0.6 is 23.1 Å². The highest BCUT2D eigenvalue weighted by molar-refractivity contribution is 9.06. The van der Waals surface area contributed by atoms with E-state index in [0.29, 0.717) is 12.8 Å². The molecule has 0 saturated carbocycles. The Bertz CT molecular complexity index is 834. The maximum atomic E-state index is 11.8. The molecule has 0 bridgehead atoms. The molecule has 0 radical (unpaired) electrons. The monoisotopic (exact) mass is 440 g/mol. The molecule has 0 aliphatic rings. The number of carbonyl (C=O) groups excluding carboxylic acids is 1. The van der Waals surface area contributed by atoms with Crippen molar-refractivity contribution in [3.8, 4) is 0 Å². The van der Waals surface area contributed by atoms with Crippen molar-refractivity contribution in [1.82, 2.24) is 0 Å². The Labute approximate surface area is 169 Å². The first-order chi connectivity index (χ1) is 13.2. The minimum atomic E-state index is -2.02. The summed E-state index contributed by atoms with van der Waals surface area (Å²) in [5.41, 5.74) is 0. The molecular formula is C23H22BrO2P. The van der Waals surface area contributed by atoms with Crippen molar-refractivity contribution >= 4 is 50.3 Å². The summed E-state index contributed by atoms with van der Waals surface area (Å²) in [6, 6.07) is 32.0. The molecule has 27 heavy (non-hydrogen) atoms. The molecule has 2 nitrogen and oxygen atoms in total. The molecular weight excluding hydrogens is 419 g/mol. The lowest BCUT2D eigenvalue weighted by molar-refractivity contribution is -0.132. The predicted molar refractivity (Wildman–Crippen MR) is 120 cm³/mol. The fourth-order valence-corrected chi connectivity index (χ4v) is 8.24. The second-order valence-corrected chi connectivity index (χ2v) is 10.3. The van der Waals surface area contributed by atoms with Crippen molar-refractivity contribution in [1.29, 1.82) is 0 Å². The Balaban J connectivity index is 2.34. The first-order valence-corrected chi connectivity index (χ1v) is 11.3. The standard InChI is InChI=1S/C23H22BrO2P/c1-19(17-18-23(25)26-24)27(20-11-5-2-6-12-20,21-13-7-3-8-14-21)22-15-9-4-10-16-22/h2-16H,17-18H2,1H3. The van der Waals surface area contributed by atoms with Crippen LogP contribution < -0.4 is 15.9 Å². The smallest absolute Gasteiger partial charge is 0.317 e. The Hall–Kier alpha value is -2.09. The van der Waals surface area contributed by atoms with Crippen molar-refractivity contribution in [2.24, 2.45) is 0 Å². The summed E-state index contributed by atoms with van der Waals surface area (Å²) in [5, 5.41) is 5.20. The van der Waals surface area contributed by atoms with Crippen molar-refractivity contribution in [2.75, 3.05) is 0 Å². The van der Waals surface area contributed by atoms with E-state index in [4.69, 9.17) is 3.83 Å². The van der Waals surface area contributed by atoms with Gasteiger partial charge in [-0.15, -0.1) is 0 Å². The molecule has 0 saturated heterocycles. The molecule has 0 fully saturated rings. The Kier molecular flexibility index (Phi) is 6.71. The lowest BCUT2D eigenvalue weighted by Crippen LogP contribution is -2.29. The van der Waals surface area contributed by atoms with Gasteiger partial charge in [-0.1, -0.05) is 96.3 Å². The average Bonchev–Trinajstić information content (AvgIpc) is 2.75. The summed E-state index contributed by atoms with van der Waals surface area (Å²) in [6.07, 6.45) is 1.03. The SMILES string of the molecule is CC(CCC(=O)OBr)=P(c1ccccc1)(c1ccccc1)c1ccccc1. The van der Waals surface area contributed by atoms with Crippen LogP contribution in [0.4, 0.5) is 0 Å². The zero-order chi connectivity index (χ0) is 19.1. The molecule has 0 spiro atoms. The Morgan fingerprint density at radius 3 is 1.44 bits per heavy atom. The first kappa shape index (κ1) is 19.7. The van der Waals surface area contributed by atoms with Crippen LogP contribution in [0.1, 0.15) is 19.8 Å². The molecule has 0 amide bonds. The van der Waals surface area contributed by atoms with E-state index in [-0.39, 0.29) is 5.97 Å². The number of halogens is 1. The largest absolute Gasteiger partial charge is 0.384 e. The van der Waals surface area contributed by atoms with E-state index in [0.717, 1.165) is 0 Å². The Morgan fingerprint density at radius 2 is 1.11 bits per heavy atom. The molecule has 4 heteroatoms. The van der Waals surface area contributed by atoms with E-state index >= 15 is 0 Å². The zero-order valence-corrected chi connectivity index (χ0v) is 17.7. The number of benzene rings is 3. The maximum Gasteiger partial charge on any atom is 0.317 e. The van der Waals surface area contributed by atoms with E-state index in [1.165, 1.54) is 21.2 Å². The van der Waals surface area contributed by atoms with E-state index in [1.54, 1.807) is 0 Å². The van der Waals surface area contributed by atoms with Crippen LogP contribution in [0.15, 0.2) is 91.0 Å². The number of hydrogen-bond acceptors (Lipinski definition) is 2. The van der Waals surface area contributed by atoms with E-state index in [2.05, 4.69) is 96.0 Å². The van der Waals surface area contributed by atoms with Gasteiger partial charge in [-0.3, -0.25) is 4.79 Å². The molecule has 0 unspecified atom stereocenters. The second-order valence-electron chi connectivity index (χ2n) is 6.36. The average molecular weight is 441 g/mol. The van der Waals surface area contributed by atoms with Gasteiger partial charge in [0.25, 0.3) is 0 Å². The third-order valence-corrected chi connectivity index (χ3v) is 9.73. The van der Waals surface area contributed by atoms with Gasteiger partial charge in [-0.25, -0.2) is 0 Å². The molecule has 0 aliphatic heterocycles. The normalized spacial score (nSPS) is 11.0. The molecule has 138 valence electrons. The van der Waals surface area contributed by atoms with Crippen LogP contribution in [-0.4, -0.2) is 11.3 Å². The maximum absolute atomic E-state index is 11.8. The molecule has 3 rings (SSSR count). The molecule has 0 aromatic heterocycles. The Morgan fingerprint density at radius 1 is 0.741 bits per heavy atom. The molecule has 0 atom stereocenters. The highest BCUT2D eigenvalue weighted by atomic mass is 79.9. The summed E-state index contributed by atoms with van der Waals surface area (Å²) in [6.45, 7) is 0.165. The minimum Gasteiger partial charge on any atom is -0.384 e. The lowest BCUT2D eigenvalue weighted by Gasteiger charge is -2.32. The van der Waals surface area contributed by atoms with Crippen LogP contribution in [-0.2, 0) is 8.62 Å². The van der Waals surface area contributed by atoms with E-state index in [1.807, 2.05) is 18.2 Å². The summed E-state index contributed by atoms with van der Waals surface area (Å²) < 4.78 is 4.70. The topological polar surface area (TPSA) is 26.3 Å². The first-order valence-electron chi connectivity index (χ1n) is 8.90. The minimum absolute atomic E-state index is 0.248. The fraction of sp³-hybridized carbons (Fsp3) is 0.130. The number of rotatable bonds is 6. The quantitative estimate of drug-likeness (QED) is 0.514. The highest BCUT2D eigenvalue weighted by Crippen LogP contribution is 2.46. The van der Waals surface area contributed by atoms with Gasteiger partial charge >= 0.3 is 5.97 Å². The predicted octanol–water partition coefficient (Wildman–Crippen LogP) is 4.81. The van der Waals surface area contributed by atoms with Crippen molar-refractivity contribution in [2.45, 2.75) is 19.8 Å². The number of hydrogen-bond donors (Lipinski definition) is 0. The summed E-state index contributed by atoms with van der Waals surface area (Å²) in [5.74, 6) is -0.248. The van der Waals surface area contributed by atoms with Crippen molar-refractivity contribution in [3.05, 3.63) is 91.0 Å². The van der Waals surface area contributed by atoms with Gasteiger partial charge in [0.2, 0.25) is 0 Å². The van der Waals surface area contributed by atoms with Crippen molar-refractivity contribution < 1.29 is 8.62 Å². The highest BCUT2D eigenvalue weighted by Gasteiger charge is 2.27. The summed E-state index contributed by atoms with van der Waals surface area (Å²) >= 11 is 2.80. The van der Waals surface area contributed by atoms with Gasteiger partial charge in [0.15, 0.2) is 16.3 Å². The van der Waals surface area contributed by atoms with Crippen LogP contribution in [0.3, 0.4) is 0 Å².